The second kappa shape index (κ2) is 8.36. The van der Waals surface area contributed by atoms with E-state index >= 15 is 0 Å². The molecule has 0 aliphatic heterocycles. The van der Waals surface area contributed by atoms with E-state index in [1.54, 1.807) is 12.5 Å². The fourth-order valence-corrected chi connectivity index (χ4v) is 2.53. The van der Waals surface area contributed by atoms with Crippen molar-refractivity contribution in [3.63, 3.8) is 0 Å². The molecule has 1 aromatic heterocycles. The highest BCUT2D eigenvalue weighted by molar-refractivity contribution is 7.99. The van der Waals surface area contributed by atoms with Crippen LogP contribution in [0.5, 0.6) is 0 Å². The Morgan fingerprint density at radius 2 is 2.14 bits per heavy atom. The minimum Gasteiger partial charge on any atom is -0.348 e. The number of aromatic amines is 1. The lowest BCUT2D eigenvalue weighted by molar-refractivity contribution is 0.252. The molecule has 1 heterocycles. The Morgan fingerprint density at radius 3 is 2.81 bits per heavy atom. The zero-order valence-electron chi connectivity index (χ0n) is 12.1. The molecule has 0 unspecified atom stereocenters. The highest BCUT2D eigenvalue weighted by atomic mass is 32.2. The molecule has 112 valence electrons. The van der Waals surface area contributed by atoms with Gasteiger partial charge in [0.05, 0.1) is 6.33 Å². The van der Waals surface area contributed by atoms with Crippen molar-refractivity contribution in [1.29, 1.82) is 0 Å². The minimum absolute atomic E-state index is 0.191. The predicted molar refractivity (Wildman–Crippen MR) is 86.8 cm³/mol. The van der Waals surface area contributed by atoms with Crippen molar-refractivity contribution in [2.24, 2.45) is 0 Å². The van der Waals surface area contributed by atoms with E-state index in [0.29, 0.717) is 6.54 Å². The molecule has 2 amide bonds. The Balaban J connectivity index is 1.71. The molecule has 0 aliphatic rings. The number of hydrogen-bond donors (Lipinski definition) is 3. The van der Waals surface area contributed by atoms with Crippen molar-refractivity contribution >= 4 is 23.5 Å². The summed E-state index contributed by atoms with van der Waals surface area (Å²) in [6, 6.07) is 7.71. The van der Waals surface area contributed by atoms with E-state index in [-0.39, 0.29) is 6.03 Å². The fraction of sp³-hybridized carbons (Fsp3) is 0.333. The average molecular weight is 304 g/mol. The summed E-state index contributed by atoms with van der Waals surface area (Å²) in [4.78, 5) is 19.9. The number of thioether (sulfide) groups is 1. The van der Waals surface area contributed by atoms with Crippen molar-refractivity contribution in [2.75, 3.05) is 17.6 Å². The number of benzene rings is 1. The maximum Gasteiger partial charge on any atom is 0.319 e. The quantitative estimate of drug-likeness (QED) is 0.688. The van der Waals surface area contributed by atoms with E-state index in [1.807, 2.05) is 36.0 Å². The summed E-state index contributed by atoms with van der Waals surface area (Å²) in [6.45, 7) is 2.73. The summed E-state index contributed by atoms with van der Waals surface area (Å²) in [5, 5.41) is 5.64. The number of carbonyl (C=O) groups excluding carboxylic acids is 1. The molecule has 1 aromatic carbocycles. The van der Waals surface area contributed by atoms with Crippen LogP contribution in [-0.2, 0) is 6.42 Å². The van der Waals surface area contributed by atoms with E-state index < -0.39 is 0 Å². The molecule has 0 saturated carbocycles. The summed E-state index contributed by atoms with van der Waals surface area (Å²) < 4.78 is 0. The summed E-state index contributed by atoms with van der Waals surface area (Å²) in [5.41, 5.74) is 1.81. The molecule has 0 aliphatic carbocycles. The molecular formula is C15H20N4OS. The zero-order chi connectivity index (χ0) is 14.9. The number of hydrogen-bond acceptors (Lipinski definition) is 3. The number of aromatic nitrogens is 2. The number of nitrogens with one attached hydrogen (secondary N) is 3. The van der Waals surface area contributed by atoms with Gasteiger partial charge in [0.15, 0.2) is 0 Å². The van der Waals surface area contributed by atoms with Crippen LogP contribution in [-0.4, -0.2) is 28.3 Å². The van der Waals surface area contributed by atoms with E-state index in [2.05, 4.69) is 27.5 Å². The van der Waals surface area contributed by atoms with Crippen LogP contribution < -0.4 is 10.6 Å². The Labute approximate surface area is 128 Å². The molecule has 0 radical (unpaired) electrons. The lowest BCUT2D eigenvalue weighted by Gasteiger charge is -2.08. The third kappa shape index (κ3) is 5.51. The number of anilines is 1. The van der Waals surface area contributed by atoms with Gasteiger partial charge >= 0.3 is 6.03 Å². The van der Waals surface area contributed by atoms with E-state index in [9.17, 15) is 4.79 Å². The number of rotatable bonds is 7. The van der Waals surface area contributed by atoms with Gasteiger partial charge in [0, 0.05) is 35.4 Å². The predicted octanol–water partition coefficient (Wildman–Crippen LogP) is 3.28. The highest BCUT2D eigenvalue weighted by Gasteiger charge is 2.02. The SMILES string of the molecule is CCCSc1ccc(NC(=O)NCCc2cnc[nH]2)cc1. The molecule has 0 atom stereocenters. The third-order valence-electron chi connectivity index (χ3n) is 2.82. The van der Waals surface area contributed by atoms with Crippen molar-refractivity contribution in [3.05, 3.63) is 42.5 Å². The largest absolute Gasteiger partial charge is 0.348 e. The number of imidazole rings is 1. The smallest absolute Gasteiger partial charge is 0.319 e. The van der Waals surface area contributed by atoms with Crippen LogP contribution in [0.15, 0.2) is 41.7 Å². The Hall–Kier alpha value is -1.95. The maximum atomic E-state index is 11.7. The van der Waals surface area contributed by atoms with Gasteiger partial charge in [0.25, 0.3) is 0 Å². The molecule has 2 aromatic rings. The summed E-state index contributed by atoms with van der Waals surface area (Å²) in [5.74, 6) is 1.11. The molecule has 0 fully saturated rings. The van der Waals surface area contributed by atoms with Gasteiger partial charge in [0.1, 0.15) is 0 Å². The normalized spacial score (nSPS) is 10.3. The van der Waals surface area contributed by atoms with Crippen molar-refractivity contribution in [3.8, 4) is 0 Å². The number of nitrogens with zero attached hydrogens (tertiary/aromatic N) is 1. The minimum atomic E-state index is -0.191. The van der Waals surface area contributed by atoms with E-state index in [0.717, 1.165) is 30.0 Å². The van der Waals surface area contributed by atoms with Gasteiger partial charge in [-0.3, -0.25) is 0 Å². The summed E-state index contributed by atoms with van der Waals surface area (Å²) in [6.07, 6.45) is 5.28. The molecule has 0 bridgehead atoms. The first kappa shape index (κ1) is 15.4. The topological polar surface area (TPSA) is 69.8 Å². The standard InChI is InChI=1S/C15H20N4OS/c1-2-9-21-14-5-3-12(4-6-14)19-15(20)17-8-7-13-10-16-11-18-13/h3-6,10-11H,2,7-9H2,1H3,(H,16,18)(H2,17,19,20). The molecule has 6 heteroatoms. The maximum absolute atomic E-state index is 11.7. The van der Waals surface area contributed by atoms with Crippen LogP contribution in [0, 0.1) is 0 Å². The van der Waals surface area contributed by atoms with E-state index in [1.165, 1.54) is 4.90 Å². The Kier molecular flexibility index (Phi) is 6.15. The van der Waals surface area contributed by atoms with Gasteiger partial charge in [0.2, 0.25) is 0 Å². The molecular weight excluding hydrogens is 284 g/mol. The van der Waals surface area contributed by atoms with Crippen molar-refractivity contribution in [2.45, 2.75) is 24.7 Å². The number of urea groups is 1. The van der Waals surface area contributed by atoms with Gasteiger partial charge in [-0.05, 0) is 36.4 Å². The number of H-pyrrole nitrogens is 1. The van der Waals surface area contributed by atoms with Crippen molar-refractivity contribution < 1.29 is 4.79 Å². The van der Waals surface area contributed by atoms with Crippen molar-refractivity contribution in [1.82, 2.24) is 15.3 Å². The first-order valence-corrected chi connectivity index (χ1v) is 8.01. The Morgan fingerprint density at radius 1 is 1.33 bits per heavy atom. The van der Waals surface area contributed by atoms with Gasteiger partial charge in [-0.25, -0.2) is 9.78 Å². The Bertz CT molecular complexity index is 539. The van der Waals surface area contributed by atoms with Crippen LogP contribution in [0.1, 0.15) is 19.0 Å². The van der Waals surface area contributed by atoms with Gasteiger partial charge in [-0.2, -0.15) is 0 Å². The van der Waals surface area contributed by atoms with Crippen LogP contribution in [0.2, 0.25) is 0 Å². The van der Waals surface area contributed by atoms with Crippen LogP contribution in [0.4, 0.5) is 10.5 Å². The van der Waals surface area contributed by atoms with Gasteiger partial charge < -0.3 is 15.6 Å². The van der Waals surface area contributed by atoms with Crippen LogP contribution in [0.3, 0.4) is 0 Å². The van der Waals surface area contributed by atoms with Crippen LogP contribution in [0.25, 0.3) is 0 Å². The van der Waals surface area contributed by atoms with Gasteiger partial charge in [-0.15, -0.1) is 11.8 Å². The second-order valence-corrected chi connectivity index (χ2v) is 5.75. The molecule has 21 heavy (non-hydrogen) atoms. The lowest BCUT2D eigenvalue weighted by atomic mass is 10.3. The summed E-state index contributed by atoms with van der Waals surface area (Å²) in [7, 11) is 0. The zero-order valence-corrected chi connectivity index (χ0v) is 12.9. The third-order valence-corrected chi connectivity index (χ3v) is 4.04. The second-order valence-electron chi connectivity index (χ2n) is 4.58. The molecule has 3 N–H and O–H groups in total. The van der Waals surface area contributed by atoms with E-state index in [4.69, 9.17) is 0 Å². The van der Waals surface area contributed by atoms with Crippen LogP contribution >= 0.6 is 11.8 Å². The first-order chi connectivity index (χ1) is 10.3. The molecule has 2 rings (SSSR count). The average Bonchev–Trinajstić information content (AvgIpc) is 3.00. The van der Waals surface area contributed by atoms with Gasteiger partial charge in [-0.1, -0.05) is 6.92 Å². The first-order valence-electron chi connectivity index (χ1n) is 7.03. The molecule has 5 nitrogen and oxygen atoms in total. The lowest BCUT2D eigenvalue weighted by Crippen LogP contribution is -2.30. The summed E-state index contributed by atoms with van der Waals surface area (Å²) >= 11 is 1.82. The number of amides is 2. The fourth-order valence-electron chi connectivity index (χ4n) is 1.76. The monoisotopic (exact) mass is 304 g/mol. The number of carbonyl (C=O) groups is 1. The molecule has 0 spiro atoms. The highest BCUT2D eigenvalue weighted by Crippen LogP contribution is 2.20. The molecule has 0 saturated heterocycles.